The molecule has 0 radical (unpaired) electrons. The lowest BCUT2D eigenvalue weighted by molar-refractivity contribution is 0.260. The van der Waals surface area contributed by atoms with Gasteiger partial charge in [0.25, 0.3) is 0 Å². The quantitative estimate of drug-likeness (QED) is 0.767. The van der Waals surface area contributed by atoms with E-state index in [9.17, 15) is 5.11 Å². The average molecular weight is 259 g/mol. The van der Waals surface area contributed by atoms with E-state index in [1.165, 1.54) is 0 Å². The minimum Gasteiger partial charge on any atom is -0.504 e. The lowest BCUT2D eigenvalue weighted by Crippen LogP contribution is -2.14. The molecule has 0 spiro atoms. The molecule has 2 rings (SSSR count). The van der Waals surface area contributed by atoms with Crippen LogP contribution in [0, 0.1) is 0 Å². The zero-order valence-corrected chi connectivity index (χ0v) is 10.5. The molecule has 19 heavy (non-hydrogen) atoms. The number of hydrogen-bond donors (Lipinski definition) is 3. The van der Waals surface area contributed by atoms with Gasteiger partial charge >= 0.3 is 0 Å². The highest BCUT2D eigenvalue weighted by Crippen LogP contribution is 2.33. The summed E-state index contributed by atoms with van der Waals surface area (Å²) in [5.41, 5.74) is 7.20. The summed E-state index contributed by atoms with van der Waals surface area (Å²) < 4.78 is 5.57. The van der Waals surface area contributed by atoms with Gasteiger partial charge in [-0.25, -0.2) is 0 Å². The van der Waals surface area contributed by atoms with Crippen LogP contribution in [0.5, 0.6) is 11.5 Å². The number of aliphatic hydroxyl groups excluding tert-OH is 1. The molecule has 4 N–H and O–H groups in total. The summed E-state index contributed by atoms with van der Waals surface area (Å²) in [4.78, 5) is 0. The van der Waals surface area contributed by atoms with E-state index in [1.807, 2.05) is 30.3 Å². The van der Waals surface area contributed by atoms with Crippen LogP contribution in [0.4, 0.5) is 0 Å². The van der Waals surface area contributed by atoms with E-state index in [-0.39, 0.29) is 12.4 Å². The van der Waals surface area contributed by atoms with Crippen LogP contribution in [-0.4, -0.2) is 16.8 Å². The van der Waals surface area contributed by atoms with E-state index >= 15 is 0 Å². The molecule has 0 aliphatic carbocycles. The first kappa shape index (κ1) is 13.4. The highest BCUT2D eigenvalue weighted by Gasteiger charge is 2.13. The van der Waals surface area contributed by atoms with Crippen LogP contribution in [0.2, 0.25) is 0 Å². The molecule has 2 aromatic rings. The summed E-state index contributed by atoms with van der Waals surface area (Å²) in [5.74, 6) is 0.352. The Labute approximate surface area is 112 Å². The standard InChI is InChI=1S/C15H17NO3/c16-13(9-17)12-7-4-8-14(15(12)18)19-10-11-5-2-1-3-6-11/h1-8,13,17-18H,9-10,16H2. The fraction of sp³-hybridized carbons (Fsp3) is 0.200. The molecule has 0 aliphatic rings. The Kier molecular flexibility index (Phi) is 4.39. The summed E-state index contributed by atoms with van der Waals surface area (Å²) in [6.45, 7) is 0.141. The predicted molar refractivity (Wildman–Crippen MR) is 72.9 cm³/mol. The number of phenolic OH excluding ortho intramolecular Hbond substituents is 1. The second kappa shape index (κ2) is 6.22. The molecule has 0 heterocycles. The van der Waals surface area contributed by atoms with E-state index in [2.05, 4.69) is 0 Å². The first-order chi connectivity index (χ1) is 9.22. The Balaban J connectivity index is 2.13. The third-order valence-corrected chi connectivity index (χ3v) is 2.86. The van der Waals surface area contributed by atoms with Gasteiger partial charge in [-0.1, -0.05) is 42.5 Å². The number of aromatic hydroxyl groups is 1. The average Bonchev–Trinajstić information content (AvgIpc) is 2.46. The molecule has 0 saturated heterocycles. The molecular weight excluding hydrogens is 242 g/mol. The Morgan fingerprint density at radius 3 is 2.47 bits per heavy atom. The number of benzene rings is 2. The number of ether oxygens (including phenoxy) is 1. The SMILES string of the molecule is NC(CO)c1cccc(OCc2ccccc2)c1O. The summed E-state index contributed by atoms with van der Waals surface area (Å²) >= 11 is 0. The molecule has 0 amide bonds. The number of para-hydroxylation sites is 1. The fourth-order valence-electron chi connectivity index (χ4n) is 1.79. The van der Waals surface area contributed by atoms with Crippen LogP contribution in [0.15, 0.2) is 48.5 Å². The number of hydrogen-bond acceptors (Lipinski definition) is 4. The van der Waals surface area contributed by atoms with Crippen molar-refractivity contribution in [3.8, 4) is 11.5 Å². The normalized spacial score (nSPS) is 12.1. The van der Waals surface area contributed by atoms with Crippen molar-refractivity contribution in [2.75, 3.05) is 6.61 Å². The topological polar surface area (TPSA) is 75.7 Å². The van der Waals surface area contributed by atoms with Gasteiger partial charge in [-0.3, -0.25) is 0 Å². The van der Waals surface area contributed by atoms with Gasteiger partial charge in [0.1, 0.15) is 6.61 Å². The Morgan fingerprint density at radius 1 is 1.05 bits per heavy atom. The van der Waals surface area contributed by atoms with Crippen molar-refractivity contribution in [3.63, 3.8) is 0 Å². The first-order valence-corrected chi connectivity index (χ1v) is 6.07. The highest BCUT2D eigenvalue weighted by atomic mass is 16.5. The monoisotopic (exact) mass is 259 g/mol. The van der Waals surface area contributed by atoms with E-state index in [1.54, 1.807) is 18.2 Å². The first-order valence-electron chi connectivity index (χ1n) is 6.07. The number of rotatable bonds is 5. The highest BCUT2D eigenvalue weighted by molar-refractivity contribution is 5.47. The molecule has 0 saturated carbocycles. The molecule has 4 nitrogen and oxygen atoms in total. The summed E-state index contributed by atoms with van der Waals surface area (Å²) in [7, 11) is 0. The Morgan fingerprint density at radius 2 is 1.79 bits per heavy atom. The fourth-order valence-corrected chi connectivity index (χ4v) is 1.79. The molecule has 4 heteroatoms. The van der Waals surface area contributed by atoms with Crippen LogP contribution in [0.25, 0.3) is 0 Å². The van der Waals surface area contributed by atoms with Crippen LogP contribution in [0.1, 0.15) is 17.2 Å². The van der Waals surface area contributed by atoms with E-state index < -0.39 is 6.04 Å². The van der Waals surface area contributed by atoms with E-state index in [4.69, 9.17) is 15.6 Å². The second-order valence-corrected chi connectivity index (χ2v) is 4.26. The zero-order valence-electron chi connectivity index (χ0n) is 10.5. The Hall–Kier alpha value is -2.04. The van der Waals surface area contributed by atoms with Crippen LogP contribution in [0.3, 0.4) is 0 Å². The third-order valence-electron chi connectivity index (χ3n) is 2.86. The number of aliphatic hydroxyl groups is 1. The van der Waals surface area contributed by atoms with E-state index in [0.29, 0.717) is 17.9 Å². The summed E-state index contributed by atoms with van der Waals surface area (Å²) in [6.07, 6.45) is 0. The molecule has 2 aromatic carbocycles. The smallest absolute Gasteiger partial charge is 0.162 e. The summed E-state index contributed by atoms with van der Waals surface area (Å²) in [6, 6.07) is 14.2. The minimum atomic E-state index is -0.611. The molecule has 1 atom stereocenters. The van der Waals surface area contributed by atoms with Crippen LogP contribution < -0.4 is 10.5 Å². The maximum Gasteiger partial charge on any atom is 0.162 e. The van der Waals surface area contributed by atoms with Gasteiger partial charge in [-0.15, -0.1) is 0 Å². The maximum atomic E-state index is 10.1. The van der Waals surface area contributed by atoms with E-state index in [0.717, 1.165) is 5.56 Å². The molecule has 0 aliphatic heterocycles. The van der Waals surface area contributed by atoms with Gasteiger partial charge in [0.05, 0.1) is 12.6 Å². The van der Waals surface area contributed by atoms with Crippen molar-refractivity contribution in [2.24, 2.45) is 5.73 Å². The van der Waals surface area contributed by atoms with Crippen LogP contribution in [-0.2, 0) is 6.61 Å². The van der Waals surface area contributed by atoms with Gasteiger partial charge < -0.3 is 20.7 Å². The van der Waals surface area contributed by atoms with Crippen molar-refractivity contribution in [3.05, 3.63) is 59.7 Å². The molecule has 1 unspecified atom stereocenters. The minimum absolute atomic E-state index is 0.0139. The van der Waals surface area contributed by atoms with Gasteiger partial charge in [0.15, 0.2) is 11.5 Å². The maximum absolute atomic E-state index is 10.1. The van der Waals surface area contributed by atoms with Crippen LogP contribution >= 0.6 is 0 Å². The van der Waals surface area contributed by atoms with Gasteiger partial charge in [-0.05, 0) is 11.6 Å². The molecular formula is C15H17NO3. The molecule has 0 aromatic heterocycles. The lowest BCUT2D eigenvalue weighted by atomic mass is 10.1. The third kappa shape index (κ3) is 3.24. The van der Waals surface area contributed by atoms with Crippen molar-refractivity contribution in [1.82, 2.24) is 0 Å². The van der Waals surface area contributed by atoms with Crippen molar-refractivity contribution >= 4 is 0 Å². The van der Waals surface area contributed by atoms with Crippen molar-refractivity contribution < 1.29 is 14.9 Å². The predicted octanol–water partition coefficient (Wildman–Crippen LogP) is 1.96. The lowest BCUT2D eigenvalue weighted by Gasteiger charge is -2.14. The molecule has 0 fully saturated rings. The summed E-state index contributed by atoms with van der Waals surface area (Å²) in [5, 5.41) is 19.1. The number of nitrogens with two attached hydrogens (primary N) is 1. The van der Waals surface area contributed by atoms with Gasteiger partial charge in [0.2, 0.25) is 0 Å². The molecule has 100 valence electrons. The molecule has 0 bridgehead atoms. The Bertz CT molecular complexity index is 528. The number of phenols is 1. The van der Waals surface area contributed by atoms with Gasteiger partial charge in [0, 0.05) is 5.56 Å². The van der Waals surface area contributed by atoms with Gasteiger partial charge in [-0.2, -0.15) is 0 Å². The van der Waals surface area contributed by atoms with Crippen molar-refractivity contribution in [1.29, 1.82) is 0 Å². The second-order valence-electron chi connectivity index (χ2n) is 4.26. The van der Waals surface area contributed by atoms with Crippen molar-refractivity contribution in [2.45, 2.75) is 12.6 Å². The zero-order chi connectivity index (χ0) is 13.7. The largest absolute Gasteiger partial charge is 0.504 e.